The van der Waals surface area contributed by atoms with Gasteiger partial charge in [0, 0.05) is 44.3 Å². The van der Waals surface area contributed by atoms with Crippen LogP contribution in [0.15, 0.2) is 54.6 Å². The van der Waals surface area contributed by atoms with Gasteiger partial charge in [0.15, 0.2) is 5.11 Å². The Kier molecular flexibility index (Phi) is 7.07. The number of rotatable bonds is 7. The van der Waals surface area contributed by atoms with E-state index in [0.717, 1.165) is 49.0 Å². The Bertz CT molecular complexity index is 737. The van der Waals surface area contributed by atoms with Crippen molar-refractivity contribution in [3.63, 3.8) is 0 Å². The minimum atomic E-state index is 0.469. The summed E-state index contributed by atoms with van der Waals surface area (Å²) in [7, 11) is 1.70. The van der Waals surface area contributed by atoms with Crippen LogP contribution in [-0.2, 0) is 13.1 Å². The maximum absolute atomic E-state index is 5.71. The van der Waals surface area contributed by atoms with Crippen LogP contribution in [0.3, 0.4) is 0 Å². The van der Waals surface area contributed by atoms with Crippen LogP contribution < -0.4 is 10.1 Å². The van der Waals surface area contributed by atoms with Gasteiger partial charge in [0.05, 0.1) is 7.11 Å². The molecule has 1 aliphatic heterocycles. The second kappa shape index (κ2) is 9.72. The van der Waals surface area contributed by atoms with E-state index in [1.165, 1.54) is 5.56 Å². The Morgan fingerprint density at radius 1 is 1.19 bits per heavy atom. The van der Waals surface area contributed by atoms with Gasteiger partial charge in [-0.25, -0.2) is 0 Å². The van der Waals surface area contributed by atoms with Crippen LogP contribution in [0.2, 0.25) is 0 Å². The van der Waals surface area contributed by atoms with E-state index in [1.807, 2.05) is 18.2 Å². The fraction of sp³-hybridized carbons (Fsp3) is 0.409. The molecule has 1 saturated heterocycles. The normalized spacial score (nSPS) is 16.9. The van der Waals surface area contributed by atoms with E-state index in [4.69, 9.17) is 17.0 Å². The molecule has 1 fully saturated rings. The highest BCUT2D eigenvalue weighted by atomic mass is 32.1. The lowest BCUT2D eigenvalue weighted by Gasteiger charge is -2.31. The topological polar surface area (TPSA) is 27.7 Å². The molecule has 0 amide bonds. The SMILES string of the molecule is CCN(C(=S)NCc1ccccc1OC)C1CCN(Cc2ccccc2)C1. The Hall–Kier alpha value is -2.11. The fourth-order valence-electron chi connectivity index (χ4n) is 3.74. The first-order valence-corrected chi connectivity index (χ1v) is 10.0. The summed E-state index contributed by atoms with van der Waals surface area (Å²) in [5.74, 6) is 0.894. The van der Waals surface area contributed by atoms with Crippen molar-refractivity contribution in [3.05, 3.63) is 65.7 Å². The molecule has 27 heavy (non-hydrogen) atoms. The summed E-state index contributed by atoms with van der Waals surface area (Å²) < 4.78 is 5.43. The highest BCUT2D eigenvalue weighted by Gasteiger charge is 2.28. The molecular weight excluding hydrogens is 354 g/mol. The molecule has 0 aliphatic carbocycles. The van der Waals surface area contributed by atoms with Crippen LogP contribution in [-0.4, -0.2) is 47.7 Å². The van der Waals surface area contributed by atoms with Crippen molar-refractivity contribution in [1.82, 2.24) is 15.1 Å². The minimum Gasteiger partial charge on any atom is -0.496 e. The summed E-state index contributed by atoms with van der Waals surface area (Å²) in [5, 5.41) is 4.25. The number of benzene rings is 2. The first-order valence-electron chi connectivity index (χ1n) is 9.64. The predicted molar refractivity (Wildman–Crippen MR) is 115 cm³/mol. The Labute approximate surface area is 168 Å². The predicted octanol–water partition coefficient (Wildman–Crippen LogP) is 3.67. The number of nitrogens with zero attached hydrogens (tertiary/aromatic N) is 2. The van der Waals surface area contributed by atoms with Crippen LogP contribution in [0, 0.1) is 0 Å². The van der Waals surface area contributed by atoms with Crippen LogP contribution in [0.25, 0.3) is 0 Å². The molecule has 144 valence electrons. The number of likely N-dealkylation sites (N-methyl/N-ethyl adjacent to an activating group) is 1. The van der Waals surface area contributed by atoms with E-state index in [2.05, 4.69) is 58.4 Å². The van der Waals surface area contributed by atoms with Crippen molar-refractivity contribution >= 4 is 17.3 Å². The molecule has 0 radical (unpaired) electrons. The molecule has 2 aromatic rings. The lowest BCUT2D eigenvalue weighted by molar-refractivity contribution is 0.279. The molecule has 4 nitrogen and oxygen atoms in total. The number of thiocarbonyl (C=S) groups is 1. The van der Waals surface area contributed by atoms with E-state index in [9.17, 15) is 0 Å². The maximum Gasteiger partial charge on any atom is 0.169 e. The second-order valence-corrected chi connectivity index (χ2v) is 7.31. The molecule has 2 aromatic carbocycles. The monoisotopic (exact) mass is 383 g/mol. The van der Waals surface area contributed by atoms with Gasteiger partial charge in [-0.05, 0) is 37.2 Å². The lowest BCUT2D eigenvalue weighted by atomic mass is 10.2. The molecule has 0 saturated carbocycles. The second-order valence-electron chi connectivity index (χ2n) is 6.92. The summed E-state index contributed by atoms with van der Waals surface area (Å²) in [5.41, 5.74) is 2.49. The Balaban J connectivity index is 1.54. The van der Waals surface area contributed by atoms with Crippen LogP contribution in [0.4, 0.5) is 0 Å². The zero-order valence-electron chi connectivity index (χ0n) is 16.2. The number of ether oxygens (including phenoxy) is 1. The number of nitrogens with one attached hydrogen (secondary N) is 1. The standard InChI is InChI=1S/C22H29N3OS/c1-3-25(22(27)23-15-19-11-7-8-12-21(19)26-2)20-13-14-24(17-20)16-18-9-5-4-6-10-18/h4-12,20H,3,13-17H2,1-2H3,(H,23,27). The van der Waals surface area contributed by atoms with Gasteiger partial charge in [-0.2, -0.15) is 0 Å². The number of hydrogen-bond donors (Lipinski definition) is 1. The third-order valence-electron chi connectivity index (χ3n) is 5.16. The average Bonchev–Trinajstić information content (AvgIpc) is 3.16. The fourth-order valence-corrected chi connectivity index (χ4v) is 4.09. The summed E-state index contributed by atoms with van der Waals surface area (Å²) in [6, 6.07) is 19.2. The Morgan fingerprint density at radius 2 is 1.93 bits per heavy atom. The Morgan fingerprint density at radius 3 is 2.67 bits per heavy atom. The first-order chi connectivity index (χ1) is 13.2. The van der Waals surface area contributed by atoms with Gasteiger partial charge in [0.2, 0.25) is 0 Å². The van der Waals surface area contributed by atoms with Gasteiger partial charge < -0.3 is 15.0 Å². The van der Waals surface area contributed by atoms with Crippen molar-refractivity contribution in [2.45, 2.75) is 32.5 Å². The smallest absolute Gasteiger partial charge is 0.169 e. The molecule has 1 aliphatic rings. The quantitative estimate of drug-likeness (QED) is 0.737. The van der Waals surface area contributed by atoms with E-state index in [1.54, 1.807) is 7.11 Å². The van der Waals surface area contributed by atoms with E-state index < -0.39 is 0 Å². The van der Waals surface area contributed by atoms with Crippen molar-refractivity contribution < 1.29 is 4.74 Å². The average molecular weight is 384 g/mol. The van der Waals surface area contributed by atoms with E-state index in [-0.39, 0.29) is 0 Å². The number of para-hydroxylation sites is 1. The molecule has 1 unspecified atom stereocenters. The summed E-state index contributed by atoms with van der Waals surface area (Å²) >= 11 is 5.71. The molecule has 1 heterocycles. The van der Waals surface area contributed by atoms with Gasteiger partial charge in [-0.1, -0.05) is 48.5 Å². The minimum absolute atomic E-state index is 0.469. The first kappa shape index (κ1) is 19.6. The molecular formula is C22H29N3OS. The number of likely N-dealkylation sites (tertiary alicyclic amines) is 1. The molecule has 1 N–H and O–H groups in total. The van der Waals surface area contributed by atoms with Crippen molar-refractivity contribution in [2.24, 2.45) is 0 Å². The molecule has 5 heteroatoms. The molecule has 0 aromatic heterocycles. The van der Waals surface area contributed by atoms with Crippen molar-refractivity contribution in [3.8, 4) is 5.75 Å². The highest BCUT2D eigenvalue weighted by Crippen LogP contribution is 2.20. The van der Waals surface area contributed by atoms with Gasteiger partial charge >= 0.3 is 0 Å². The van der Waals surface area contributed by atoms with Crippen molar-refractivity contribution in [1.29, 1.82) is 0 Å². The van der Waals surface area contributed by atoms with Gasteiger partial charge in [0.1, 0.15) is 5.75 Å². The van der Waals surface area contributed by atoms with E-state index in [0.29, 0.717) is 12.6 Å². The van der Waals surface area contributed by atoms with Gasteiger partial charge in [-0.15, -0.1) is 0 Å². The summed E-state index contributed by atoms with van der Waals surface area (Å²) in [6.45, 7) is 6.96. The molecule has 0 spiro atoms. The van der Waals surface area contributed by atoms with Crippen LogP contribution in [0.5, 0.6) is 5.75 Å². The van der Waals surface area contributed by atoms with Crippen molar-refractivity contribution in [2.75, 3.05) is 26.7 Å². The molecule has 1 atom stereocenters. The number of hydrogen-bond acceptors (Lipinski definition) is 3. The van der Waals surface area contributed by atoms with Gasteiger partial charge in [0.25, 0.3) is 0 Å². The number of methoxy groups -OCH3 is 1. The molecule has 0 bridgehead atoms. The largest absolute Gasteiger partial charge is 0.496 e. The zero-order chi connectivity index (χ0) is 19.1. The third-order valence-corrected chi connectivity index (χ3v) is 5.54. The summed E-state index contributed by atoms with van der Waals surface area (Å²) in [4.78, 5) is 4.85. The van der Waals surface area contributed by atoms with E-state index >= 15 is 0 Å². The third kappa shape index (κ3) is 5.21. The highest BCUT2D eigenvalue weighted by molar-refractivity contribution is 7.80. The molecule has 3 rings (SSSR count). The maximum atomic E-state index is 5.71. The van der Waals surface area contributed by atoms with Gasteiger partial charge in [-0.3, -0.25) is 4.90 Å². The van der Waals surface area contributed by atoms with Crippen LogP contribution in [0.1, 0.15) is 24.5 Å². The zero-order valence-corrected chi connectivity index (χ0v) is 17.0. The van der Waals surface area contributed by atoms with Crippen LogP contribution >= 0.6 is 12.2 Å². The summed E-state index contributed by atoms with van der Waals surface area (Å²) in [6.07, 6.45) is 1.15. The lowest BCUT2D eigenvalue weighted by Crippen LogP contribution is -2.46.